The first-order valence-electron chi connectivity index (χ1n) is 4.94. The highest BCUT2D eigenvalue weighted by Gasteiger charge is 2.05. The van der Waals surface area contributed by atoms with E-state index in [1.807, 2.05) is 13.0 Å². The van der Waals surface area contributed by atoms with Gasteiger partial charge in [0.1, 0.15) is 0 Å². The minimum absolute atomic E-state index is 0.551. The molecule has 0 bridgehead atoms. The summed E-state index contributed by atoms with van der Waals surface area (Å²) in [4.78, 5) is 14.7. The number of hydrogen-bond donors (Lipinski definition) is 2. The van der Waals surface area contributed by atoms with Crippen molar-refractivity contribution in [3.8, 4) is 0 Å². The highest BCUT2D eigenvalue weighted by Crippen LogP contribution is 2.15. The number of aryl methyl sites for hydroxylation is 1. The van der Waals surface area contributed by atoms with E-state index in [1.54, 1.807) is 6.20 Å². The molecular weight excluding hydrogens is 192 g/mol. The van der Waals surface area contributed by atoms with E-state index < -0.39 is 6.09 Å². The van der Waals surface area contributed by atoms with Crippen LogP contribution >= 0.6 is 0 Å². The number of pyridine rings is 1. The van der Waals surface area contributed by atoms with E-state index in [4.69, 9.17) is 5.11 Å². The summed E-state index contributed by atoms with van der Waals surface area (Å²) >= 11 is 0. The third-order valence-electron chi connectivity index (χ3n) is 2.03. The van der Waals surface area contributed by atoms with E-state index in [0.29, 0.717) is 11.6 Å². The molecule has 2 N–H and O–H groups in total. The summed E-state index contributed by atoms with van der Waals surface area (Å²) in [5.74, 6) is 0.551. The molecule has 1 aromatic heterocycles. The van der Waals surface area contributed by atoms with Crippen molar-refractivity contribution in [1.82, 2.24) is 4.98 Å². The maximum Gasteiger partial charge on any atom is 0.409 e. The number of hydrogen-bond acceptors (Lipinski definition) is 2. The number of anilines is 1. The van der Waals surface area contributed by atoms with Gasteiger partial charge in [-0.25, -0.2) is 4.79 Å². The van der Waals surface area contributed by atoms with Gasteiger partial charge in [-0.3, -0.25) is 10.3 Å². The lowest BCUT2D eigenvalue weighted by Crippen LogP contribution is -2.09. The first-order chi connectivity index (χ1) is 6.99. The van der Waals surface area contributed by atoms with Crippen LogP contribution in [-0.4, -0.2) is 16.2 Å². The molecule has 82 valence electrons. The molecule has 0 unspecified atom stereocenters. The van der Waals surface area contributed by atoms with Crippen molar-refractivity contribution in [3.63, 3.8) is 0 Å². The van der Waals surface area contributed by atoms with E-state index in [2.05, 4.69) is 24.1 Å². The normalized spacial score (nSPS) is 10.4. The Morgan fingerprint density at radius 2 is 2.27 bits per heavy atom. The Bertz CT molecular complexity index is 362. The minimum atomic E-state index is -1.06. The van der Waals surface area contributed by atoms with Gasteiger partial charge >= 0.3 is 6.09 Å². The summed E-state index contributed by atoms with van der Waals surface area (Å²) in [6.07, 6.45) is 1.42. The van der Waals surface area contributed by atoms with E-state index in [0.717, 1.165) is 17.7 Å². The van der Waals surface area contributed by atoms with Crippen molar-refractivity contribution in [2.45, 2.75) is 27.2 Å². The van der Waals surface area contributed by atoms with Gasteiger partial charge in [-0.05, 0) is 30.9 Å². The molecule has 0 aromatic carbocycles. The predicted molar refractivity (Wildman–Crippen MR) is 59.2 cm³/mol. The van der Waals surface area contributed by atoms with E-state index in [9.17, 15) is 4.79 Å². The quantitative estimate of drug-likeness (QED) is 0.802. The van der Waals surface area contributed by atoms with Crippen molar-refractivity contribution in [2.24, 2.45) is 5.92 Å². The fourth-order valence-corrected chi connectivity index (χ4v) is 1.39. The summed E-state index contributed by atoms with van der Waals surface area (Å²) in [6.45, 7) is 6.12. The number of carboxylic acid groups (broad SMARTS) is 1. The van der Waals surface area contributed by atoms with Gasteiger partial charge in [0.2, 0.25) is 0 Å². The SMILES string of the molecule is Cc1cc(CC(C)C)ncc1NC(=O)O. The molecule has 0 radical (unpaired) electrons. The Morgan fingerprint density at radius 3 is 2.73 bits per heavy atom. The van der Waals surface area contributed by atoms with Gasteiger partial charge in [-0.2, -0.15) is 0 Å². The van der Waals surface area contributed by atoms with E-state index in [1.165, 1.54) is 0 Å². The second-order valence-corrected chi connectivity index (χ2v) is 4.02. The van der Waals surface area contributed by atoms with Crippen molar-refractivity contribution in [3.05, 3.63) is 23.5 Å². The Morgan fingerprint density at radius 1 is 1.60 bits per heavy atom. The molecule has 1 amide bonds. The summed E-state index contributed by atoms with van der Waals surface area (Å²) in [6, 6.07) is 1.92. The van der Waals surface area contributed by atoms with Crippen LogP contribution in [0.15, 0.2) is 12.3 Å². The van der Waals surface area contributed by atoms with Crippen LogP contribution in [0.1, 0.15) is 25.1 Å². The van der Waals surface area contributed by atoms with Crippen LogP contribution in [0.4, 0.5) is 10.5 Å². The summed E-state index contributed by atoms with van der Waals surface area (Å²) in [5.41, 5.74) is 2.46. The number of carbonyl (C=O) groups is 1. The molecule has 0 atom stereocenters. The predicted octanol–water partition coefficient (Wildman–Crippen LogP) is 2.68. The lowest BCUT2D eigenvalue weighted by Gasteiger charge is -2.08. The Labute approximate surface area is 89.3 Å². The van der Waals surface area contributed by atoms with Gasteiger partial charge in [0.15, 0.2) is 0 Å². The van der Waals surface area contributed by atoms with Crippen LogP contribution in [0.2, 0.25) is 0 Å². The van der Waals surface area contributed by atoms with Gasteiger partial charge in [-0.1, -0.05) is 13.8 Å². The van der Waals surface area contributed by atoms with E-state index in [-0.39, 0.29) is 0 Å². The molecule has 0 aliphatic rings. The van der Waals surface area contributed by atoms with Crippen molar-refractivity contribution in [1.29, 1.82) is 0 Å². The Hall–Kier alpha value is -1.58. The van der Waals surface area contributed by atoms with Gasteiger partial charge in [-0.15, -0.1) is 0 Å². The molecule has 1 aromatic rings. The van der Waals surface area contributed by atoms with Crippen LogP contribution in [0.5, 0.6) is 0 Å². The average Bonchev–Trinajstić information content (AvgIpc) is 2.08. The largest absolute Gasteiger partial charge is 0.465 e. The zero-order chi connectivity index (χ0) is 11.4. The second-order valence-electron chi connectivity index (χ2n) is 4.02. The molecule has 4 nitrogen and oxygen atoms in total. The maximum atomic E-state index is 10.4. The summed E-state index contributed by atoms with van der Waals surface area (Å²) in [5, 5.41) is 10.9. The number of rotatable bonds is 3. The van der Waals surface area contributed by atoms with Crippen LogP contribution in [0.3, 0.4) is 0 Å². The van der Waals surface area contributed by atoms with Crippen LogP contribution in [0, 0.1) is 12.8 Å². The molecule has 0 saturated carbocycles. The van der Waals surface area contributed by atoms with Crippen molar-refractivity contribution in [2.75, 3.05) is 5.32 Å². The number of amides is 1. The molecule has 4 heteroatoms. The molecule has 0 spiro atoms. The highest BCUT2D eigenvalue weighted by atomic mass is 16.4. The Balaban J connectivity index is 2.83. The van der Waals surface area contributed by atoms with Crippen LogP contribution in [-0.2, 0) is 6.42 Å². The van der Waals surface area contributed by atoms with Gasteiger partial charge < -0.3 is 5.11 Å². The molecule has 15 heavy (non-hydrogen) atoms. The minimum Gasteiger partial charge on any atom is -0.465 e. The zero-order valence-electron chi connectivity index (χ0n) is 9.24. The molecule has 1 rings (SSSR count). The maximum absolute atomic E-state index is 10.4. The Kier molecular flexibility index (Phi) is 3.66. The number of aromatic nitrogens is 1. The summed E-state index contributed by atoms with van der Waals surface area (Å²) < 4.78 is 0. The first-order valence-corrected chi connectivity index (χ1v) is 4.94. The van der Waals surface area contributed by atoms with Gasteiger partial charge in [0, 0.05) is 5.69 Å². The number of nitrogens with one attached hydrogen (secondary N) is 1. The topological polar surface area (TPSA) is 62.2 Å². The number of nitrogens with zero attached hydrogens (tertiary/aromatic N) is 1. The van der Waals surface area contributed by atoms with Crippen LogP contribution in [0.25, 0.3) is 0 Å². The fraction of sp³-hybridized carbons (Fsp3) is 0.455. The second kappa shape index (κ2) is 4.77. The highest BCUT2D eigenvalue weighted by molar-refractivity contribution is 5.83. The standard InChI is InChI=1S/C11H16N2O2/c1-7(2)4-9-5-8(3)10(6-12-9)13-11(14)15/h5-7,13H,4H2,1-3H3,(H,14,15). The van der Waals surface area contributed by atoms with Crippen molar-refractivity contribution < 1.29 is 9.90 Å². The van der Waals surface area contributed by atoms with Gasteiger partial charge in [0.05, 0.1) is 11.9 Å². The van der Waals surface area contributed by atoms with E-state index >= 15 is 0 Å². The smallest absolute Gasteiger partial charge is 0.409 e. The summed E-state index contributed by atoms with van der Waals surface area (Å²) in [7, 11) is 0. The van der Waals surface area contributed by atoms with Gasteiger partial charge in [0.25, 0.3) is 0 Å². The fourth-order valence-electron chi connectivity index (χ4n) is 1.39. The van der Waals surface area contributed by atoms with Crippen molar-refractivity contribution >= 4 is 11.8 Å². The lowest BCUT2D eigenvalue weighted by atomic mass is 10.1. The van der Waals surface area contributed by atoms with Crippen LogP contribution < -0.4 is 5.32 Å². The molecule has 0 aliphatic carbocycles. The third kappa shape index (κ3) is 3.58. The molecule has 1 heterocycles. The zero-order valence-corrected chi connectivity index (χ0v) is 9.24. The molecular formula is C11H16N2O2. The first kappa shape index (κ1) is 11.5. The molecule has 0 fully saturated rings. The third-order valence-corrected chi connectivity index (χ3v) is 2.03. The average molecular weight is 208 g/mol. The molecule has 0 saturated heterocycles. The monoisotopic (exact) mass is 208 g/mol. The lowest BCUT2D eigenvalue weighted by molar-refractivity contribution is 0.209. The molecule has 0 aliphatic heterocycles.